The Morgan fingerprint density at radius 3 is 2.59 bits per heavy atom. The molecule has 0 radical (unpaired) electrons. The first-order chi connectivity index (χ1) is 13.9. The molecule has 0 bridgehead atoms. The Kier molecular flexibility index (Phi) is 7.10. The number of halogens is 1. The highest BCUT2D eigenvalue weighted by Crippen LogP contribution is 2.39. The Balaban J connectivity index is 1.93. The lowest BCUT2D eigenvalue weighted by Gasteiger charge is -2.14. The van der Waals surface area contributed by atoms with Gasteiger partial charge in [0.25, 0.3) is 5.91 Å². The smallest absolute Gasteiger partial charge is 0.343 e. The van der Waals surface area contributed by atoms with Crippen molar-refractivity contribution in [1.82, 2.24) is 4.90 Å². The summed E-state index contributed by atoms with van der Waals surface area (Å²) in [6.45, 7) is 4.65. The predicted octanol–water partition coefficient (Wildman–Crippen LogP) is 5.29. The Labute approximate surface area is 187 Å². The SMILES string of the molecule is CCOc1cc(/C=C2\SC(=S)N(CC)C2=O)cc(Br)c1OC(=O)c1ccccc1. The van der Waals surface area contributed by atoms with Crippen LogP contribution >= 0.6 is 39.9 Å². The molecule has 3 rings (SSSR count). The van der Waals surface area contributed by atoms with E-state index in [1.54, 1.807) is 47.4 Å². The molecule has 5 nitrogen and oxygen atoms in total. The minimum absolute atomic E-state index is 0.115. The maximum Gasteiger partial charge on any atom is 0.343 e. The lowest BCUT2D eigenvalue weighted by Crippen LogP contribution is -2.27. The van der Waals surface area contributed by atoms with E-state index in [9.17, 15) is 9.59 Å². The number of thioether (sulfide) groups is 1. The van der Waals surface area contributed by atoms with Gasteiger partial charge in [0.15, 0.2) is 11.5 Å². The van der Waals surface area contributed by atoms with E-state index >= 15 is 0 Å². The van der Waals surface area contributed by atoms with Crippen LogP contribution in [0.5, 0.6) is 11.5 Å². The van der Waals surface area contributed by atoms with Gasteiger partial charge < -0.3 is 9.47 Å². The Morgan fingerprint density at radius 1 is 1.24 bits per heavy atom. The van der Waals surface area contributed by atoms with Crippen molar-refractivity contribution >= 4 is 62.2 Å². The molecule has 8 heteroatoms. The van der Waals surface area contributed by atoms with Gasteiger partial charge in [-0.3, -0.25) is 9.69 Å². The van der Waals surface area contributed by atoms with Crippen LogP contribution in [0.2, 0.25) is 0 Å². The van der Waals surface area contributed by atoms with Crippen LogP contribution in [0.1, 0.15) is 29.8 Å². The summed E-state index contributed by atoms with van der Waals surface area (Å²) in [5, 5.41) is 0. The Bertz CT molecular complexity index is 992. The average Bonchev–Trinajstić information content (AvgIpc) is 2.97. The van der Waals surface area contributed by atoms with Gasteiger partial charge in [0.05, 0.1) is 21.5 Å². The summed E-state index contributed by atoms with van der Waals surface area (Å²) in [4.78, 5) is 27.0. The molecule has 0 atom stereocenters. The molecule has 0 aromatic heterocycles. The monoisotopic (exact) mass is 491 g/mol. The molecule has 150 valence electrons. The van der Waals surface area contributed by atoms with Gasteiger partial charge in [-0.1, -0.05) is 42.2 Å². The molecular weight excluding hydrogens is 474 g/mol. The van der Waals surface area contributed by atoms with Crippen molar-refractivity contribution in [1.29, 1.82) is 0 Å². The van der Waals surface area contributed by atoms with E-state index in [0.717, 1.165) is 5.56 Å². The summed E-state index contributed by atoms with van der Waals surface area (Å²) in [6, 6.07) is 12.2. The van der Waals surface area contributed by atoms with Crippen LogP contribution in [-0.2, 0) is 4.79 Å². The molecule has 2 aromatic carbocycles. The highest BCUT2D eigenvalue weighted by molar-refractivity contribution is 9.10. The number of benzene rings is 2. The van der Waals surface area contributed by atoms with Crippen LogP contribution in [0.15, 0.2) is 51.8 Å². The van der Waals surface area contributed by atoms with Crippen LogP contribution in [0.4, 0.5) is 0 Å². The van der Waals surface area contributed by atoms with Crippen molar-refractivity contribution in [3.8, 4) is 11.5 Å². The molecule has 0 unspecified atom stereocenters. The van der Waals surface area contributed by atoms with E-state index in [2.05, 4.69) is 15.9 Å². The van der Waals surface area contributed by atoms with Gasteiger partial charge in [-0.05, 0) is 65.7 Å². The summed E-state index contributed by atoms with van der Waals surface area (Å²) in [5.74, 6) is 0.0994. The van der Waals surface area contributed by atoms with Gasteiger partial charge in [0, 0.05) is 6.54 Å². The first kappa shape index (κ1) is 21.5. The zero-order valence-electron chi connectivity index (χ0n) is 15.8. The highest BCUT2D eigenvalue weighted by Gasteiger charge is 2.30. The molecule has 0 N–H and O–H groups in total. The largest absolute Gasteiger partial charge is 0.490 e. The van der Waals surface area contributed by atoms with Gasteiger partial charge in [0.2, 0.25) is 0 Å². The summed E-state index contributed by atoms with van der Waals surface area (Å²) in [7, 11) is 0. The third-order valence-electron chi connectivity index (χ3n) is 4.02. The highest BCUT2D eigenvalue weighted by atomic mass is 79.9. The first-order valence-corrected chi connectivity index (χ1v) is 10.9. The molecule has 0 saturated carbocycles. The van der Waals surface area contributed by atoms with Crippen molar-refractivity contribution in [2.75, 3.05) is 13.2 Å². The normalized spacial score (nSPS) is 15.1. The lowest BCUT2D eigenvalue weighted by atomic mass is 10.1. The van der Waals surface area contributed by atoms with Crippen LogP contribution < -0.4 is 9.47 Å². The Hall–Kier alpha value is -2.16. The number of hydrogen-bond donors (Lipinski definition) is 0. The zero-order chi connectivity index (χ0) is 21.0. The number of ether oxygens (including phenoxy) is 2. The van der Waals surface area contributed by atoms with Crippen LogP contribution in [0.3, 0.4) is 0 Å². The standard InChI is InChI=1S/C21H18BrNO4S2/c1-3-23-19(24)17(29-21(23)28)12-13-10-15(22)18(16(11-13)26-4-2)27-20(25)14-8-6-5-7-9-14/h5-12H,3-4H2,1-2H3/b17-12-. The number of carbonyl (C=O) groups is 2. The number of amides is 1. The average molecular weight is 492 g/mol. The van der Waals surface area contributed by atoms with E-state index in [1.807, 2.05) is 19.9 Å². The van der Waals surface area contributed by atoms with E-state index in [-0.39, 0.29) is 5.91 Å². The molecule has 1 aliphatic heterocycles. The second kappa shape index (κ2) is 9.56. The summed E-state index contributed by atoms with van der Waals surface area (Å²) in [5.41, 5.74) is 1.17. The second-order valence-electron chi connectivity index (χ2n) is 5.94. The third-order valence-corrected chi connectivity index (χ3v) is 5.99. The molecule has 1 saturated heterocycles. The topological polar surface area (TPSA) is 55.8 Å². The van der Waals surface area contributed by atoms with Gasteiger partial charge in [-0.15, -0.1) is 0 Å². The van der Waals surface area contributed by atoms with Crippen molar-refractivity contribution in [3.63, 3.8) is 0 Å². The molecular formula is C21H18BrNO4S2. The number of esters is 1. The number of likely N-dealkylation sites (N-methyl/N-ethyl adjacent to an activating group) is 1. The van der Waals surface area contributed by atoms with Crippen LogP contribution in [0.25, 0.3) is 6.08 Å². The zero-order valence-corrected chi connectivity index (χ0v) is 19.0. The Morgan fingerprint density at radius 2 is 1.97 bits per heavy atom. The summed E-state index contributed by atoms with van der Waals surface area (Å²) in [6.07, 6.45) is 1.75. The number of thiocarbonyl (C=S) groups is 1. The lowest BCUT2D eigenvalue weighted by molar-refractivity contribution is -0.121. The van der Waals surface area contributed by atoms with Gasteiger partial charge in [-0.25, -0.2) is 4.79 Å². The van der Waals surface area contributed by atoms with Crippen molar-refractivity contribution in [2.45, 2.75) is 13.8 Å². The molecule has 1 heterocycles. The van der Waals surface area contributed by atoms with Crippen molar-refractivity contribution in [2.24, 2.45) is 0 Å². The molecule has 0 aliphatic carbocycles. The minimum atomic E-state index is -0.483. The quantitative estimate of drug-likeness (QED) is 0.237. The van der Waals surface area contributed by atoms with Crippen molar-refractivity contribution < 1.29 is 19.1 Å². The van der Waals surface area contributed by atoms with Crippen molar-refractivity contribution in [3.05, 3.63) is 63.0 Å². The van der Waals surface area contributed by atoms with E-state index < -0.39 is 5.97 Å². The fraction of sp³-hybridized carbons (Fsp3) is 0.190. The van der Waals surface area contributed by atoms with E-state index in [4.69, 9.17) is 21.7 Å². The number of hydrogen-bond acceptors (Lipinski definition) is 6. The molecule has 29 heavy (non-hydrogen) atoms. The van der Waals surface area contributed by atoms with Crippen LogP contribution in [-0.4, -0.2) is 34.2 Å². The number of carbonyl (C=O) groups excluding carboxylic acids is 2. The maximum atomic E-state index is 12.5. The minimum Gasteiger partial charge on any atom is -0.490 e. The van der Waals surface area contributed by atoms with Gasteiger partial charge in [0.1, 0.15) is 4.32 Å². The summed E-state index contributed by atoms with van der Waals surface area (Å²) >= 11 is 9.98. The molecule has 0 spiro atoms. The van der Waals surface area contributed by atoms with Gasteiger partial charge in [-0.2, -0.15) is 0 Å². The van der Waals surface area contributed by atoms with Gasteiger partial charge >= 0.3 is 5.97 Å². The van der Waals surface area contributed by atoms with Crippen LogP contribution in [0, 0.1) is 0 Å². The fourth-order valence-electron chi connectivity index (χ4n) is 2.68. The van der Waals surface area contributed by atoms with E-state index in [1.165, 1.54) is 11.8 Å². The summed E-state index contributed by atoms with van der Waals surface area (Å²) < 4.78 is 12.4. The van der Waals surface area contributed by atoms with E-state index in [0.29, 0.717) is 43.9 Å². The predicted molar refractivity (Wildman–Crippen MR) is 122 cm³/mol. The number of nitrogens with zero attached hydrogens (tertiary/aromatic N) is 1. The maximum absolute atomic E-state index is 12.5. The third kappa shape index (κ3) is 4.88. The first-order valence-electron chi connectivity index (χ1n) is 8.93. The molecule has 2 aromatic rings. The number of rotatable bonds is 6. The second-order valence-corrected chi connectivity index (χ2v) is 8.47. The molecule has 1 aliphatic rings. The fourth-order valence-corrected chi connectivity index (χ4v) is 4.61. The molecule has 1 fully saturated rings. The molecule has 1 amide bonds.